The molecule has 0 bridgehead atoms. The molecule has 0 aliphatic carbocycles. The standard InChI is InChI=1S/C21H16N3O4/c1-28-19-12-13(24(26)27)10-11-16(19)21(25)23-20-14-6-2-4-8-17(14)22-18-9-5-3-7-15(18)20/h2-12,26H,1H3,(H,22,23,25)/q-1. The second-order valence-corrected chi connectivity index (χ2v) is 6.13. The number of amides is 1. The molecule has 1 amide bonds. The Hall–Kier alpha value is -3.68. The number of hydrogen-bond donors (Lipinski definition) is 2. The van der Waals surface area contributed by atoms with Crippen LogP contribution in [0.4, 0.5) is 11.4 Å². The smallest absolute Gasteiger partial charge is 0.259 e. The monoisotopic (exact) mass is 374 g/mol. The van der Waals surface area contributed by atoms with Crippen molar-refractivity contribution < 1.29 is 14.7 Å². The molecule has 1 aromatic heterocycles. The number of pyridine rings is 1. The zero-order valence-corrected chi connectivity index (χ0v) is 14.9. The number of rotatable bonds is 4. The van der Waals surface area contributed by atoms with Crippen LogP contribution in [-0.4, -0.2) is 23.2 Å². The summed E-state index contributed by atoms with van der Waals surface area (Å²) >= 11 is 0. The van der Waals surface area contributed by atoms with Crippen LogP contribution in [0.2, 0.25) is 0 Å². The molecule has 0 atom stereocenters. The van der Waals surface area contributed by atoms with Gasteiger partial charge in [0, 0.05) is 16.8 Å². The minimum absolute atomic E-state index is 0.0341. The second kappa shape index (κ2) is 7.15. The summed E-state index contributed by atoms with van der Waals surface area (Å²) in [4.78, 5) is 17.6. The predicted molar refractivity (Wildman–Crippen MR) is 108 cm³/mol. The first-order valence-electron chi connectivity index (χ1n) is 8.51. The van der Waals surface area contributed by atoms with Gasteiger partial charge in [-0.2, -0.15) is 0 Å². The number of anilines is 2. The lowest BCUT2D eigenvalue weighted by atomic mass is 10.1. The molecule has 7 heteroatoms. The molecule has 3 aromatic carbocycles. The van der Waals surface area contributed by atoms with Gasteiger partial charge in [0.1, 0.15) is 5.75 Å². The number of fused-ring (bicyclic) bond motifs is 2. The highest BCUT2D eigenvalue weighted by Crippen LogP contribution is 2.32. The van der Waals surface area contributed by atoms with E-state index in [1.54, 1.807) is 0 Å². The second-order valence-electron chi connectivity index (χ2n) is 6.13. The van der Waals surface area contributed by atoms with E-state index in [2.05, 4.69) is 10.3 Å². The van der Waals surface area contributed by atoms with Crippen LogP contribution in [0.15, 0.2) is 66.7 Å². The van der Waals surface area contributed by atoms with Crippen LogP contribution in [0.25, 0.3) is 21.8 Å². The van der Waals surface area contributed by atoms with Gasteiger partial charge in [-0.25, -0.2) is 4.98 Å². The zero-order chi connectivity index (χ0) is 19.7. The van der Waals surface area contributed by atoms with Gasteiger partial charge in [0.15, 0.2) is 0 Å². The van der Waals surface area contributed by atoms with E-state index in [4.69, 9.17) is 9.94 Å². The van der Waals surface area contributed by atoms with Crippen molar-refractivity contribution in [2.45, 2.75) is 0 Å². The van der Waals surface area contributed by atoms with Crippen LogP contribution in [0.1, 0.15) is 10.4 Å². The zero-order valence-electron chi connectivity index (χ0n) is 14.9. The summed E-state index contributed by atoms with van der Waals surface area (Å²) in [6, 6.07) is 19.2. The number of nitrogens with zero attached hydrogens (tertiary/aromatic N) is 2. The van der Waals surface area contributed by atoms with Crippen LogP contribution < -0.4 is 15.3 Å². The third kappa shape index (κ3) is 3.09. The summed E-state index contributed by atoms with van der Waals surface area (Å²) in [5.41, 5.74) is 2.37. The number of aromatic nitrogens is 1. The lowest BCUT2D eigenvalue weighted by Crippen LogP contribution is -2.15. The minimum Gasteiger partial charge on any atom is -0.733 e. The van der Waals surface area contributed by atoms with Gasteiger partial charge in [-0.3, -0.25) is 10.0 Å². The quantitative estimate of drug-likeness (QED) is 0.407. The van der Waals surface area contributed by atoms with Gasteiger partial charge >= 0.3 is 0 Å². The van der Waals surface area contributed by atoms with E-state index in [9.17, 15) is 10.0 Å². The van der Waals surface area contributed by atoms with Crippen LogP contribution >= 0.6 is 0 Å². The molecule has 4 aromatic rings. The number of carbonyl (C=O) groups is 1. The fraction of sp³-hybridized carbons (Fsp3) is 0.0476. The van der Waals surface area contributed by atoms with Crippen LogP contribution in [0.5, 0.6) is 5.75 Å². The van der Waals surface area contributed by atoms with E-state index in [-0.39, 0.29) is 22.2 Å². The molecule has 0 aliphatic rings. The number of nitrogens with one attached hydrogen (secondary N) is 1. The Morgan fingerprint density at radius 1 is 1.04 bits per heavy atom. The molecule has 0 unspecified atom stereocenters. The Morgan fingerprint density at radius 2 is 1.64 bits per heavy atom. The van der Waals surface area contributed by atoms with Gasteiger partial charge in [-0.1, -0.05) is 36.4 Å². The van der Waals surface area contributed by atoms with Crippen molar-refractivity contribution in [1.82, 2.24) is 4.98 Å². The SMILES string of the molecule is COc1cc(N([O-])O)ccc1C(=O)Nc1c2ccccc2nc2ccccc12. The molecular weight excluding hydrogens is 358 g/mol. The van der Waals surface area contributed by atoms with Gasteiger partial charge < -0.3 is 20.5 Å². The van der Waals surface area contributed by atoms with Gasteiger partial charge in [-0.05, 0) is 24.3 Å². The molecule has 1 heterocycles. The topological polar surface area (TPSA) is 97.8 Å². The van der Waals surface area contributed by atoms with E-state index in [0.717, 1.165) is 21.8 Å². The van der Waals surface area contributed by atoms with Crippen molar-refractivity contribution in [2.24, 2.45) is 0 Å². The fourth-order valence-electron chi connectivity index (χ4n) is 3.14. The van der Waals surface area contributed by atoms with Crippen molar-refractivity contribution in [3.63, 3.8) is 0 Å². The predicted octanol–water partition coefficient (Wildman–Crippen LogP) is 4.34. The van der Waals surface area contributed by atoms with Crippen molar-refractivity contribution in [3.05, 3.63) is 77.5 Å². The number of carbonyl (C=O) groups excluding carboxylic acids is 1. The molecule has 0 fully saturated rings. The average Bonchev–Trinajstić information content (AvgIpc) is 2.72. The highest BCUT2D eigenvalue weighted by Gasteiger charge is 2.17. The maximum Gasteiger partial charge on any atom is 0.259 e. The highest BCUT2D eigenvalue weighted by atomic mass is 16.8. The summed E-state index contributed by atoms with van der Waals surface area (Å²) in [7, 11) is 1.39. The van der Waals surface area contributed by atoms with Gasteiger partial charge in [0.05, 0.1) is 35.1 Å². The Morgan fingerprint density at radius 3 is 2.21 bits per heavy atom. The first-order valence-corrected chi connectivity index (χ1v) is 8.51. The molecule has 0 saturated heterocycles. The number of para-hydroxylation sites is 2. The number of methoxy groups -OCH3 is 1. The Labute approximate surface area is 160 Å². The number of ether oxygens (including phenoxy) is 1. The van der Waals surface area contributed by atoms with Crippen molar-refractivity contribution in [2.75, 3.05) is 17.7 Å². The summed E-state index contributed by atoms with van der Waals surface area (Å²) in [6.45, 7) is 0. The molecule has 0 saturated carbocycles. The third-order valence-corrected chi connectivity index (χ3v) is 4.48. The molecule has 140 valence electrons. The van der Waals surface area contributed by atoms with Gasteiger partial charge in [-0.15, -0.1) is 0 Å². The van der Waals surface area contributed by atoms with E-state index < -0.39 is 5.91 Å². The summed E-state index contributed by atoms with van der Waals surface area (Å²) in [5, 5.41) is 24.4. The fourth-order valence-corrected chi connectivity index (χ4v) is 3.14. The first-order chi connectivity index (χ1) is 13.6. The summed E-state index contributed by atoms with van der Waals surface area (Å²) < 4.78 is 5.22. The third-order valence-electron chi connectivity index (χ3n) is 4.48. The van der Waals surface area contributed by atoms with E-state index in [0.29, 0.717) is 5.69 Å². The molecular formula is C21H16N3O4-. The van der Waals surface area contributed by atoms with E-state index >= 15 is 0 Å². The van der Waals surface area contributed by atoms with E-state index in [1.807, 2.05) is 48.5 Å². The molecule has 0 aliphatic heterocycles. The molecule has 28 heavy (non-hydrogen) atoms. The highest BCUT2D eigenvalue weighted by molar-refractivity contribution is 6.16. The number of benzene rings is 3. The largest absolute Gasteiger partial charge is 0.733 e. The summed E-state index contributed by atoms with van der Waals surface area (Å²) in [5.74, 6) is -0.229. The Kier molecular flexibility index (Phi) is 4.52. The van der Waals surface area contributed by atoms with Gasteiger partial charge in [0.2, 0.25) is 0 Å². The maximum absolute atomic E-state index is 13.0. The Balaban J connectivity index is 1.82. The lowest BCUT2D eigenvalue weighted by Gasteiger charge is -2.22. The first kappa shape index (κ1) is 17.7. The molecule has 0 spiro atoms. The molecule has 7 nitrogen and oxygen atoms in total. The van der Waals surface area contributed by atoms with E-state index in [1.165, 1.54) is 25.3 Å². The minimum atomic E-state index is -0.403. The Bertz CT molecular complexity index is 1140. The normalized spacial score (nSPS) is 10.8. The van der Waals surface area contributed by atoms with Crippen molar-refractivity contribution in [3.8, 4) is 5.75 Å². The molecule has 0 radical (unpaired) electrons. The van der Waals surface area contributed by atoms with Crippen molar-refractivity contribution >= 4 is 39.1 Å². The molecule has 2 N–H and O–H groups in total. The molecule has 4 rings (SSSR count). The van der Waals surface area contributed by atoms with Crippen LogP contribution in [-0.2, 0) is 0 Å². The van der Waals surface area contributed by atoms with Crippen LogP contribution in [0.3, 0.4) is 0 Å². The summed E-state index contributed by atoms with van der Waals surface area (Å²) in [6.07, 6.45) is 0. The van der Waals surface area contributed by atoms with Gasteiger partial charge in [0.25, 0.3) is 5.91 Å². The van der Waals surface area contributed by atoms with Crippen molar-refractivity contribution in [1.29, 1.82) is 0 Å². The maximum atomic E-state index is 13.0. The average molecular weight is 374 g/mol. The van der Waals surface area contributed by atoms with Crippen LogP contribution in [0, 0.1) is 5.21 Å². The number of hydrogen-bond acceptors (Lipinski definition) is 6. The lowest BCUT2D eigenvalue weighted by molar-refractivity contribution is 0.102.